The maximum absolute atomic E-state index is 13.2. The highest BCUT2D eigenvalue weighted by atomic mass is 32.2. The Kier molecular flexibility index (Phi) is 6.12. The average Bonchev–Trinajstić information content (AvgIpc) is 3.33. The van der Waals surface area contributed by atoms with E-state index in [2.05, 4.69) is 30.6 Å². The van der Waals surface area contributed by atoms with E-state index in [1.165, 1.54) is 36.0 Å². The van der Waals surface area contributed by atoms with E-state index < -0.39 is 0 Å². The van der Waals surface area contributed by atoms with Crippen molar-refractivity contribution in [3.8, 4) is 0 Å². The third kappa shape index (κ3) is 5.37. The first-order valence-corrected chi connectivity index (χ1v) is 10.5. The molecule has 160 valence electrons. The molecule has 4 aromatic rings. The van der Waals surface area contributed by atoms with Crippen LogP contribution in [-0.2, 0) is 22.7 Å². The van der Waals surface area contributed by atoms with Gasteiger partial charge in [0.2, 0.25) is 11.8 Å². The highest BCUT2D eigenvalue weighted by Gasteiger charge is 2.09. The lowest BCUT2D eigenvalue weighted by Crippen LogP contribution is -2.28. The van der Waals surface area contributed by atoms with Gasteiger partial charge in [-0.1, -0.05) is 0 Å². The van der Waals surface area contributed by atoms with Gasteiger partial charge in [0.05, 0.1) is 46.7 Å². The molecule has 0 saturated carbocycles. The molecule has 2 heterocycles. The van der Waals surface area contributed by atoms with Gasteiger partial charge in [-0.3, -0.25) is 9.59 Å². The lowest BCUT2D eigenvalue weighted by Gasteiger charge is -2.04. The van der Waals surface area contributed by atoms with Gasteiger partial charge in [0, 0.05) is 0 Å². The Labute approximate surface area is 179 Å². The van der Waals surface area contributed by atoms with Gasteiger partial charge in [0.25, 0.3) is 0 Å². The molecular weight excluding hydrogens is 426 g/mol. The number of amides is 2. The minimum atomic E-state index is -0.365. The summed E-state index contributed by atoms with van der Waals surface area (Å²) in [5.41, 5.74) is 2.35. The van der Waals surface area contributed by atoms with Gasteiger partial charge in [0.1, 0.15) is 23.3 Å². The molecule has 0 unspecified atom stereocenters. The fraction of sp³-hybridized carbons (Fsp3) is 0.200. The number of H-pyrrole nitrogens is 2. The second kappa shape index (κ2) is 9.13. The van der Waals surface area contributed by atoms with Crippen LogP contribution >= 0.6 is 11.8 Å². The Balaban J connectivity index is 1.16. The number of aromatic amines is 2. The second-order valence-corrected chi connectivity index (χ2v) is 7.72. The minimum absolute atomic E-state index is 0.103. The molecule has 0 radical (unpaired) electrons. The van der Waals surface area contributed by atoms with Crippen molar-refractivity contribution in [3.05, 3.63) is 59.7 Å². The summed E-state index contributed by atoms with van der Waals surface area (Å²) in [6, 6.07) is 8.44. The molecule has 0 spiro atoms. The van der Waals surface area contributed by atoms with Gasteiger partial charge in [-0.25, -0.2) is 18.7 Å². The van der Waals surface area contributed by atoms with Crippen LogP contribution in [0.1, 0.15) is 11.6 Å². The highest BCUT2D eigenvalue weighted by molar-refractivity contribution is 8.00. The quantitative estimate of drug-likeness (QED) is 0.333. The number of carbonyl (C=O) groups excluding carboxylic acids is 2. The molecule has 2 aromatic heterocycles. The van der Waals surface area contributed by atoms with E-state index >= 15 is 0 Å². The second-order valence-electron chi connectivity index (χ2n) is 6.74. The summed E-state index contributed by atoms with van der Waals surface area (Å²) in [5, 5.41) is 5.40. The molecule has 2 amide bonds. The zero-order valence-electron chi connectivity index (χ0n) is 16.2. The fourth-order valence-electron chi connectivity index (χ4n) is 2.94. The van der Waals surface area contributed by atoms with Crippen molar-refractivity contribution in [1.29, 1.82) is 0 Å². The van der Waals surface area contributed by atoms with Gasteiger partial charge in [-0.05, 0) is 36.4 Å². The maximum Gasteiger partial charge on any atom is 0.230 e. The summed E-state index contributed by atoms with van der Waals surface area (Å²) in [7, 11) is 0. The molecule has 4 N–H and O–H groups in total. The summed E-state index contributed by atoms with van der Waals surface area (Å²) < 4.78 is 26.4. The van der Waals surface area contributed by atoms with Crippen molar-refractivity contribution < 1.29 is 18.4 Å². The Morgan fingerprint density at radius 3 is 1.71 bits per heavy atom. The lowest BCUT2D eigenvalue weighted by atomic mass is 10.3. The van der Waals surface area contributed by atoms with Gasteiger partial charge in [-0.2, -0.15) is 0 Å². The molecule has 8 nitrogen and oxygen atoms in total. The van der Waals surface area contributed by atoms with Crippen molar-refractivity contribution in [3.63, 3.8) is 0 Å². The number of hydrogen-bond acceptors (Lipinski definition) is 5. The molecule has 0 aliphatic rings. The average molecular weight is 444 g/mol. The number of thioether (sulfide) groups is 1. The zero-order valence-corrected chi connectivity index (χ0v) is 17.0. The number of nitrogens with zero attached hydrogens (tertiary/aromatic N) is 2. The van der Waals surface area contributed by atoms with Crippen LogP contribution in [0.15, 0.2) is 36.4 Å². The molecule has 4 rings (SSSR count). The van der Waals surface area contributed by atoms with E-state index in [1.807, 2.05) is 0 Å². The van der Waals surface area contributed by atoms with Crippen LogP contribution in [0.3, 0.4) is 0 Å². The minimum Gasteiger partial charge on any atom is -0.348 e. The van der Waals surface area contributed by atoms with Crippen molar-refractivity contribution >= 4 is 45.6 Å². The molecular formula is C20H18F2N6O2S. The summed E-state index contributed by atoms with van der Waals surface area (Å²) in [5.74, 6) is 0.0156. The number of benzene rings is 2. The van der Waals surface area contributed by atoms with Crippen LogP contribution in [-0.4, -0.2) is 43.3 Å². The zero-order chi connectivity index (χ0) is 21.8. The summed E-state index contributed by atoms with van der Waals surface area (Å²) in [6.07, 6.45) is 0. The SMILES string of the molecule is O=C(CSCC(=O)NCc1nc2ccc(F)cc2[nH]1)NCc1nc2ccc(F)cc2[nH]1. The Bertz CT molecular complexity index is 1160. The molecule has 0 saturated heterocycles. The molecule has 11 heteroatoms. The first kappa shape index (κ1) is 20.8. The van der Waals surface area contributed by atoms with Gasteiger partial charge >= 0.3 is 0 Å². The Morgan fingerprint density at radius 1 is 0.806 bits per heavy atom. The van der Waals surface area contributed by atoms with Crippen LogP contribution < -0.4 is 10.6 Å². The molecule has 0 aliphatic carbocycles. The number of halogens is 2. The van der Waals surface area contributed by atoms with Crippen molar-refractivity contribution in [1.82, 2.24) is 30.6 Å². The summed E-state index contributed by atoms with van der Waals surface area (Å²) in [6.45, 7) is 0.350. The van der Waals surface area contributed by atoms with Crippen LogP contribution in [0.25, 0.3) is 22.1 Å². The monoisotopic (exact) mass is 444 g/mol. The summed E-state index contributed by atoms with van der Waals surface area (Å²) >= 11 is 1.17. The molecule has 0 fully saturated rings. The predicted molar refractivity (Wildman–Crippen MR) is 113 cm³/mol. The van der Waals surface area contributed by atoms with Gasteiger partial charge in [-0.15, -0.1) is 11.8 Å². The van der Waals surface area contributed by atoms with Crippen molar-refractivity contribution in [2.75, 3.05) is 11.5 Å². The smallest absolute Gasteiger partial charge is 0.230 e. The third-order valence-electron chi connectivity index (χ3n) is 4.36. The molecule has 0 bridgehead atoms. The largest absolute Gasteiger partial charge is 0.348 e. The van der Waals surface area contributed by atoms with E-state index in [0.29, 0.717) is 33.7 Å². The van der Waals surface area contributed by atoms with E-state index in [0.717, 1.165) is 0 Å². The Morgan fingerprint density at radius 2 is 1.26 bits per heavy atom. The predicted octanol–water partition coefficient (Wildman–Crippen LogP) is 2.38. The fourth-order valence-corrected chi connectivity index (χ4v) is 3.62. The lowest BCUT2D eigenvalue weighted by molar-refractivity contribution is -0.119. The maximum atomic E-state index is 13.2. The van der Waals surface area contributed by atoms with Crippen molar-refractivity contribution in [2.45, 2.75) is 13.1 Å². The van der Waals surface area contributed by atoms with Crippen LogP contribution in [0.4, 0.5) is 8.78 Å². The van der Waals surface area contributed by atoms with Crippen LogP contribution in [0.2, 0.25) is 0 Å². The molecule has 2 aromatic carbocycles. The first-order valence-electron chi connectivity index (χ1n) is 9.36. The number of fused-ring (bicyclic) bond motifs is 2. The topological polar surface area (TPSA) is 116 Å². The third-order valence-corrected chi connectivity index (χ3v) is 5.29. The normalized spacial score (nSPS) is 11.2. The van der Waals surface area contributed by atoms with E-state index in [4.69, 9.17) is 0 Å². The molecule has 31 heavy (non-hydrogen) atoms. The number of carbonyl (C=O) groups is 2. The van der Waals surface area contributed by atoms with Crippen molar-refractivity contribution in [2.24, 2.45) is 0 Å². The van der Waals surface area contributed by atoms with E-state index in [9.17, 15) is 18.4 Å². The number of rotatable bonds is 8. The highest BCUT2D eigenvalue weighted by Crippen LogP contribution is 2.14. The number of aromatic nitrogens is 4. The number of nitrogens with one attached hydrogen (secondary N) is 4. The molecule has 0 atom stereocenters. The standard InChI is InChI=1S/C20H18F2N6O2S/c21-11-1-3-13-15(5-11)27-17(25-13)7-23-19(29)9-31-10-20(30)24-8-18-26-14-4-2-12(22)6-16(14)28-18/h1-6H,7-10H2,(H,23,29)(H,24,30)(H,25,27)(H,26,28). The van der Waals surface area contributed by atoms with Gasteiger partial charge in [0.15, 0.2) is 0 Å². The Hall–Kier alpha value is -3.47. The van der Waals surface area contributed by atoms with Crippen LogP contribution in [0, 0.1) is 11.6 Å². The number of hydrogen-bond donors (Lipinski definition) is 4. The molecule has 0 aliphatic heterocycles. The number of imidazole rings is 2. The van der Waals surface area contributed by atoms with Gasteiger partial charge < -0.3 is 20.6 Å². The van der Waals surface area contributed by atoms with Crippen LogP contribution in [0.5, 0.6) is 0 Å². The first-order chi connectivity index (χ1) is 15.0. The van der Waals surface area contributed by atoms with E-state index in [-0.39, 0.29) is 48.0 Å². The van der Waals surface area contributed by atoms with E-state index in [1.54, 1.807) is 12.1 Å². The summed E-state index contributed by atoms with van der Waals surface area (Å²) in [4.78, 5) is 38.4.